The number of ether oxygens (including phenoxy) is 2. The molecule has 1 aliphatic heterocycles. The Morgan fingerprint density at radius 1 is 1.24 bits per heavy atom. The first-order valence-corrected chi connectivity index (χ1v) is 8.98. The maximum absolute atomic E-state index is 12.5. The number of carbonyl (C=O) groups is 1. The van der Waals surface area contributed by atoms with Gasteiger partial charge in [-0.15, -0.1) is 0 Å². The molecule has 0 radical (unpaired) electrons. The fourth-order valence-corrected chi connectivity index (χ4v) is 3.16. The molecule has 1 aliphatic rings. The first kappa shape index (κ1) is 17.8. The number of aromatic nitrogens is 2. The van der Waals surface area contributed by atoms with E-state index >= 15 is 0 Å². The highest BCUT2D eigenvalue weighted by Gasteiger charge is 2.21. The predicted molar refractivity (Wildman–Crippen MR) is 99.4 cm³/mol. The Kier molecular flexibility index (Phi) is 4.77. The summed E-state index contributed by atoms with van der Waals surface area (Å²) < 4.78 is 13.8. The van der Waals surface area contributed by atoms with Crippen molar-refractivity contribution in [1.82, 2.24) is 9.78 Å². The zero-order valence-electron chi connectivity index (χ0n) is 14.9. The van der Waals surface area contributed by atoms with Gasteiger partial charge < -0.3 is 14.8 Å². The summed E-state index contributed by atoms with van der Waals surface area (Å²) in [6.07, 6.45) is 0.228. The molecule has 0 unspecified atom stereocenters. The van der Waals surface area contributed by atoms with Crippen LogP contribution in [0, 0.1) is 6.92 Å². The van der Waals surface area contributed by atoms with Gasteiger partial charge in [0.2, 0.25) is 5.91 Å². The van der Waals surface area contributed by atoms with Gasteiger partial charge in [-0.1, -0.05) is 15.9 Å². The molecule has 3 rings (SSSR count). The van der Waals surface area contributed by atoms with E-state index in [-0.39, 0.29) is 17.9 Å². The number of hydrogen-bond donors (Lipinski definition) is 1. The summed E-state index contributed by atoms with van der Waals surface area (Å²) in [4.78, 5) is 12.5. The van der Waals surface area contributed by atoms with Crippen LogP contribution in [-0.2, 0) is 16.8 Å². The van der Waals surface area contributed by atoms with Crippen molar-refractivity contribution in [1.29, 1.82) is 0 Å². The van der Waals surface area contributed by atoms with Crippen LogP contribution in [0.25, 0.3) is 0 Å². The molecule has 2 heterocycles. The molecule has 6 nitrogen and oxygen atoms in total. The fourth-order valence-electron chi connectivity index (χ4n) is 2.70. The van der Waals surface area contributed by atoms with Crippen molar-refractivity contribution in [2.24, 2.45) is 0 Å². The van der Waals surface area contributed by atoms with Crippen LogP contribution in [0.15, 0.2) is 22.7 Å². The van der Waals surface area contributed by atoms with Crippen LogP contribution in [0.4, 0.5) is 5.82 Å². The minimum atomic E-state index is -0.214. The number of halogens is 1. The number of anilines is 1. The highest BCUT2D eigenvalue weighted by Crippen LogP contribution is 2.35. The molecule has 0 saturated carbocycles. The fraction of sp³-hybridized carbons (Fsp3) is 0.444. The molecule has 1 aromatic carbocycles. The minimum absolute atomic E-state index is 0.109. The minimum Gasteiger partial charge on any atom is -0.486 e. The van der Waals surface area contributed by atoms with E-state index in [2.05, 4.69) is 26.3 Å². The molecule has 2 aromatic rings. The predicted octanol–water partition coefficient (Wildman–Crippen LogP) is 3.66. The molecule has 0 aliphatic carbocycles. The van der Waals surface area contributed by atoms with E-state index in [1.54, 1.807) is 0 Å². The quantitative estimate of drug-likeness (QED) is 0.842. The van der Waals surface area contributed by atoms with Crippen LogP contribution < -0.4 is 14.8 Å². The molecule has 0 fully saturated rings. The number of nitrogens with one attached hydrogen (secondary N) is 1. The van der Waals surface area contributed by atoms with Gasteiger partial charge in [-0.25, -0.2) is 4.68 Å². The average molecular weight is 408 g/mol. The average Bonchev–Trinajstić information content (AvgIpc) is 2.88. The van der Waals surface area contributed by atoms with Gasteiger partial charge in [0.25, 0.3) is 0 Å². The van der Waals surface area contributed by atoms with Crippen LogP contribution in [0.1, 0.15) is 32.0 Å². The molecule has 7 heteroatoms. The molecule has 0 bridgehead atoms. The number of rotatable bonds is 3. The van der Waals surface area contributed by atoms with Gasteiger partial charge in [0.1, 0.15) is 19.0 Å². The van der Waals surface area contributed by atoms with Crippen LogP contribution in [0.3, 0.4) is 0 Å². The molecule has 0 saturated heterocycles. The maximum atomic E-state index is 12.5. The molecule has 25 heavy (non-hydrogen) atoms. The van der Waals surface area contributed by atoms with Crippen molar-refractivity contribution in [3.05, 3.63) is 33.9 Å². The normalized spacial score (nSPS) is 13.6. The second kappa shape index (κ2) is 6.71. The topological polar surface area (TPSA) is 65.4 Å². The van der Waals surface area contributed by atoms with E-state index < -0.39 is 0 Å². The molecule has 1 amide bonds. The van der Waals surface area contributed by atoms with Crippen molar-refractivity contribution in [3.8, 4) is 11.5 Å². The van der Waals surface area contributed by atoms with Crippen LogP contribution in [-0.4, -0.2) is 28.9 Å². The van der Waals surface area contributed by atoms with Gasteiger partial charge in [0, 0.05) is 10.5 Å². The summed E-state index contributed by atoms with van der Waals surface area (Å²) >= 11 is 3.51. The van der Waals surface area contributed by atoms with Crippen LogP contribution >= 0.6 is 15.9 Å². The van der Waals surface area contributed by atoms with Crippen molar-refractivity contribution >= 4 is 27.7 Å². The number of nitrogens with zero attached hydrogens (tertiary/aromatic N) is 2. The number of benzene rings is 1. The number of aryl methyl sites for hydroxylation is 1. The Hall–Kier alpha value is -2.02. The molecule has 1 N–H and O–H groups in total. The van der Waals surface area contributed by atoms with E-state index in [9.17, 15) is 4.79 Å². The SMILES string of the molecule is Cc1cc(NC(=O)Cc2cc3c(cc2Br)OCCO3)n(C(C)(C)C)n1. The molecule has 1 aromatic heterocycles. The molecular weight excluding hydrogens is 386 g/mol. The third kappa shape index (κ3) is 3.98. The lowest BCUT2D eigenvalue weighted by Crippen LogP contribution is -2.27. The Labute approximate surface area is 155 Å². The monoisotopic (exact) mass is 407 g/mol. The first-order chi connectivity index (χ1) is 11.7. The lowest BCUT2D eigenvalue weighted by Gasteiger charge is -2.22. The Balaban J connectivity index is 1.78. The van der Waals surface area contributed by atoms with Gasteiger partial charge >= 0.3 is 0 Å². The first-order valence-electron chi connectivity index (χ1n) is 8.19. The van der Waals surface area contributed by atoms with E-state index in [0.29, 0.717) is 30.5 Å². The summed E-state index contributed by atoms with van der Waals surface area (Å²) in [6, 6.07) is 5.58. The second-order valence-electron chi connectivity index (χ2n) is 7.07. The zero-order valence-corrected chi connectivity index (χ0v) is 16.4. The number of fused-ring (bicyclic) bond motifs is 1. The summed E-state index contributed by atoms with van der Waals surface area (Å²) in [5.41, 5.74) is 1.50. The van der Waals surface area contributed by atoms with Crippen molar-refractivity contribution in [3.63, 3.8) is 0 Å². The smallest absolute Gasteiger partial charge is 0.229 e. The largest absolute Gasteiger partial charge is 0.486 e. The van der Waals surface area contributed by atoms with Gasteiger partial charge in [0.05, 0.1) is 17.7 Å². The van der Waals surface area contributed by atoms with Gasteiger partial charge in [-0.3, -0.25) is 4.79 Å². The number of carbonyl (C=O) groups excluding carboxylic acids is 1. The van der Waals surface area contributed by atoms with Gasteiger partial charge in [0.15, 0.2) is 11.5 Å². The van der Waals surface area contributed by atoms with Crippen LogP contribution in [0.2, 0.25) is 0 Å². The third-order valence-electron chi connectivity index (χ3n) is 3.80. The summed E-state index contributed by atoms with van der Waals surface area (Å²) in [5.74, 6) is 1.96. The molecule has 0 spiro atoms. The Bertz CT molecular complexity index is 809. The molecule has 0 atom stereocenters. The maximum Gasteiger partial charge on any atom is 0.229 e. The lowest BCUT2D eigenvalue weighted by molar-refractivity contribution is -0.115. The van der Waals surface area contributed by atoms with Crippen molar-refractivity contribution < 1.29 is 14.3 Å². The molecular formula is C18H22BrN3O3. The van der Waals surface area contributed by atoms with E-state index in [1.807, 2.05) is 50.6 Å². The summed E-state index contributed by atoms with van der Waals surface area (Å²) in [6.45, 7) is 9.11. The van der Waals surface area contributed by atoms with Crippen molar-refractivity contribution in [2.75, 3.05) is 18.5 Å². The summed E-state index contributed by atoms with van der Waals surface area (Å²) in [7, 11) is 0. The highest BCUT2D eigenvalue weighted by molar-refractivity contribution is 9.10. The highest BCUT2D eigenvalue weighted by atomic mass is 79.9. The zero-order chi connectivity index (χ0) is 18.2. The number of amides is 1. The second-order valence-corrected chi connectivity index (χ2v) is 7.92. The van der Waals surface area contributed by atoms with Crippen LogP contribution in [0.5, 0.6) is 11.5 Å². The van der Waals surface area contributed by atoms with Gasteiger partial charge in [-0.05, 0) is 45.4 Å². The van der Waals surface area contributed by atoms with Gasteiger partial charge in [-0.2, -0.15) is 5.10 Å². The summed E-state index contributed by atoms with van der Waals surface area (Å²) in [5, 5.41) is 7.44. The van der Waals surface area contributed by atoms with E-state index in [1.165, 1.54) is 0 Å². The lowest BCUT2D eigenvalue weighted by atomic mass is 10.1. The Morgan fingerprint density at radius 2 is 1.88 bits per heavy atom. The van der Waals surface area contributed by atoms with E-state index in [0.717, 1.165) is 15.7 Å². The third-order valence-corrected chi connectivity index (χ3v) is 4.53. The van der Waals surface area contributed by atoms with E-state index in [4.69, 9.17) is 9.47 Å². The van der Waals surface area contributed by atoms with Crippen molar-refractivity contribution in [2.45, 2.75) is 39.7 Å². The Morgan fingerprint density at radius 3 is 2.52 bits per heavy atom. The number of hydrogen-bond acceptors (Lipinski definition) is 4. The standard InChI is InChI=1S/C18H22BrN3O3/c1-11-7-16(22(21-11)18(2,3)4)20-17(23)9-12-8-14-15(10-13(12)19)25-6-5-24-14/h7-8,10H,5-6,9H2,1-4H3,(H,20,23). The molecule has 134 valence electrons.